The molecule has 0 aliphatic carbocycles. The minimum absolute atomic E-state index is 0.942. The molecule has 16 aromatic rings. The highest BCUT2D eigenvalue weighted by Gasteiger charge is 2.47. The number of fused-ring (bicyclic) bond motifs is 12. The van der Waals surface area contributed by atoms with Crippen LogP contribution in [0.1, 0.15) is 0 Å². The molecule has 0 amide bonds. The monoisotopic (exact) mass is 1030 g/mol. The smallest absolute Gasteiger partial charge is 0.227 e. The lowest BCUT2D eigenvalue weighted by molar-refractivity contribution is 1.17. The van der Waals surface area contributed by atoms with Crippen LogP contribution in [0.25, 0.3) is 118 Å². The van der Waals surface area contributed by atoms with Crippen molar-refractivity contribution < 1.29 is 0 Å². The standard InChI is InChI=1S/C68H42N6S2Si/c1-5-17-45(18-6-1)73-59-27-15-13-25-49(59)53-39-57(71-41-61(53)73)43-29-31-63-55(37-43)51-33-35-69-67(65(51)75-63)77(47-21-9-3-10-22-47,48-23-11-4-12-24-48)68-66-52(34-36-70-68)56-38-44(30-32-64(56)76-66)58-40-54-50-26-14-16-28-60(50)74(62(54)42-72-58)46-19-7-2-8-20-46/h1-42H. The van der Waals surface area contributed by atoms with Gasteiger partial charge in [-0.15, -0.1) is 22.7 Å². The molecular weight excluding hydrogens is 993 g/mol. The zero-order valence-electron chi connectivity index (χ0n) is 41.2. The Hall–Kier alpha value is -9.38. The molecule has 6 nitrogen and oxygen atoms in total. The van der Waals surface area contributed by atoms with Crippen LogP contribution in [0, 0.1) is 0 Å². The first kappa shape index (κ1) is 44.0. The fraction of sp³-hybridized carbons (Fsp3) is 0. The maximum atomic E-state index is 5.57. The molecule has 0 N–H and O–H groups in total. The highest BCUT2D eigenvalue weighted by molar-refractivity contribution is 7.33. The lowest BCUT2D eigenvalue weighted by atomic mass is 10.1. The number of thiophene rings is 2. The molecule has 0 saturated heterocycles. The van der Waals surface area contributed by atoms with E-state index in [-0.39, 0.29) is 0 Å². The Balaban J connectivity index is 0.878. The first-order chi connectivity index (χ1) is 38.2. The van der Waals surface area contributed by atoms with Crippen LogP contribution in [-0.2, 0) is 0 Å². The third-order valence-electron chi connectivity index (χ3n) is 15.6. The number of aromatic nitrogens is 6. The van der Waals surface area contributed by atoms with Gasteiger partial charge in [-0.3, -0.25) is 19.9 Å². The van der Waals surface area contributed by atoms with E-state index in [0.29, 0.717) is 0 Å². The van der Waals surface area contributed by atoms with Crippen molar-refractivity contribution in [3.05, 3.63) is 255 Å². The van der Waals surface area contributed by atoms with E-state index in [1.165, 1.54) is 72.3 Å². The van der Waals surface area contributed by atoms with Crippen LogP contribution in [0.3, 0.4) is 0 Å². The summed E-state index contributed by atoms with van der Waals surface area (Å²) in [5.74, 6) is 0. The zero-order chi connectivity index (χ0) is 50.6. The topological polar surface area (TPSA) is 61.4 Å². The first-order valence-corrected chi connectivity index (χ1v) is 29.5. The van der Waals surface area contributed by atoms with Gasteiger partial charge in [-0.1, -0.05) is 146 Å². The Bertz CT molecular complexity index is 4670. The van der Waals surface area contributed by atoms with Gasteiger partial charge in [-0.25, -0.2) is 0 Å². The van der Waals surface area contributed by atoms with Gasteiger partial charge < -0.3 is 9.13 Å². The quantitative estimate of drug-likeness (QED) is 0.142. The Morgan fingerprint density at radius 1 is 0.312 bits per heavy atom. The average molecular weight is 1040 g/mol. The van der Waals surface area contributed by atoms with Crippen molar-refractivity contribution in [2.75, 3.05) is 0 Å². The van der Waals surface area contributed by atoms with E-state index in [0.717, 1.165) is 66.6 Å². The molecule has 0 spiro atoms. The van der Waals surface area contributed by atoms with Crippen molar-refractivity contribution in [1.29, 1.82) is 0 Å². The molecule has 77 heavy (non-hydrogen) atoms. The van der Waals surface area contributed by atoms with Gasteiger partial charge in [-0.2, -0.15) is 0 Å². The molecule has 0 bridgehead atoms. The molecule has 0 radical (unpaired) electrons. The lowest BCUT2D eigenvalue weighted by Gasteiger charge is -2.32. The molecule has 8 heterocycles. The molecule has 9 heteroatoms. The van der Waals surface area contributed by atoms with E-state index < -0.39 is 8.07 Å². The summed E-state index contributed by atoms with van der Waals surface area (Å²) in [5.41, 5.74) is 10.8. The van der Waals surface area contributed by atoms with Gasteiger partial charge in [-0.05, 0) is 95.3 Å². The van der Waals surface area contributed by atoms with Gasteiger partial charge in [0.1, 0.15) is 0 Å². The van der Waals surface area contributed by atoms with E-state index in [4.69, 9.17) is 19.9 Å². The summed E-state index contributed by atoms with van der Waals surface area (Å²) in [7, 11) is -3.31. The summed E-state index contributed by atoms with van der Waals surface area (Å²) in [6, 6.07) is 83.3. The minimum atomic E-state index is -3.31. The molecule has 8 aromatic carbocycles. The SMILES string of the molecule is c1ccc(-n2c3ccccc3c3cc(-c4ccc5sc6c([Si](c7ccccc7)(c7ccccc7)c7nccc8c7sc7ccc(-c9cc%10c%11ccccc%11n(-c%11ccccc%11)c%10cn9)cc78)nccc6c5c4)ncc32)cc1. The molecule has 0 unspecified atom stereocenters. The Morgan fingerprint density at radius 3 is 1.16 bits per heavy atom. The predicted octanol–water partition coefficient (Wildman–Crippen LogP) is 14.9. The molecule has 0 saturated carbocycles. The van der Waals surface area contributed by atoms with Gasteiger partial charge in [0.25, 0.3) is 0 Å². The minimum Gasteiger partial charge on any atom is -0.308 e. The second kappa shape index (κ2) is 17.3. The summed E-state index contributed by atoms with van der Waals surface area (Å²) in [5, 5.41) is 14.2. The van der Waals surface area contributed by atoms with Gasteiger partial charge in [0.2, 0.25) is 8.07 Å². The fourth-order valence-corrected chi connectivity index (χ4v) is 20.1. The van der Waals surface area contributed by atoms with Gasteiger partial charge >= 0.3 is 0 Å². The van der Waals surface area contributed by atoms with Crippen molar-refractivity contribution in [3.63, 3.8) is 0 Å². The average Bonchev–Trinajstić information content (AvgIpc) is 4.49. The number of para-hydroxylation sites is 4. The zero-order valence-corrected chi connectivity index (χ0v) is 43.9. The molecular formula is C68H42N6S2Si. The summed E-state index contributed by atoms with van der Waals surface area (Å²) in [6.45, 7) is 0. The van der Waals surface area contributed by atoms with Crippen LogP contribution in [0.2, 0.25) is 0 Å². The van der Waals surface area contributed by atoms with E-state index in [2.05, 4.69) is 240 Å². The van der Waals surface area contributed by atoms with E-state index in [9.17, 15) is 0 Å². The third-order valence-corrected chi connectivity index (χ3v) is 23.0. The maximum Gasteiger partial charge on any atom is 0.227 e. The molecule has 0 fully saturated rings. The van der Waals surface area contributed by atoms with Crippen molar-refractivity contribution >= 4 is 136 Å². The van der Waals surface area contributed by atoms with E-state index in [1.807, 2.05) is 47.5 Å². The molecule has 0 atom stereocenters. The molecule has 16 rings (SSSR count). The van der Waals surface area contributed by atoms with Crippen LogP contribution < -0.4 is 21.0 Å². The summed E-state index contributed by atoms with van der Waals surface area (Å²) < 4.78 is 9.42. The number of benzene rings is 8. The Morgan fingerprint density at radius 2 is 0.714 bits per heavy atom. The summed E-state index contributed by atoms with van der Waals surface area (Å²) in [6.07, 6.45) is 8.15. The molecule has 8 aromatic heterocycles. The second-order valence-corrected chi connectivity index (χ2v) is 25.4. The number of rotatable bonds is 8. The summed E-state index contributed by atoms with van der Waals surface area (Å²) in [4.78, 5) is 21.5. The Labute approximate surface area is 451 Å². The summed E-state index contributed by atoms with van der Waals surface area (Å²) >= 11 is 3.67. The number of pyridine rings is 4. The number of hydrogen-bond donors (Lipinski definition) is 0. The van der Waals surface area contributed by atoms with Crippen molar-refractivity contribution in [3.8, 4) is 33.9 Å². The molecule has 0 aliphatic rings. The van der Waals surface area contributed by atoms with Crippen LogP contribution in [0.4, 0.5) is 0 Å². The van der Waals surface area contributed by atoms with Gasteiger partial charge in [0, 0.05) is 87.4 Å². The van der Waals surface area contributed by atoms with Crippen LogP contribution in [0.15, 0.2) is 255 Å². The van der Waals surface area contributed by atoms with Crippen molar-refractivity contribution in [1.82, 2.24) is 29.1 Å². The molecule has 360 valence electrons. The van der Waals surface area contributed by atoms with Crippen molar-refractivity contribution in [2.24, 2.45) is 0 Å². The fourth-order valence-electron chi connectivity index (χ4n) is 12.2. The van der Waals surface area contributed by atoms with Gasteiger partial charge in [0.05, 0.1) is 65.9 Å². The van der Waals surface area contributed by atoms with E-state index >= 15 is 0 Å². The highest BCUT2D eigenvalue weighted by atomic mass is 32.1. The van der Waals surface area contributed by atoms with E-state index in [1.54, 1.807) is 0 Å². The second-order valence-electron chi connectivity index (χ2n) is 19.7. The molecule has 0 aliphatic heterocycles. The van der Waals surface area contributed by atoms with Gasteiger partial charge in [0.15, 0.2) is 0 Å². The Kier molecular flexibility index (Phi) is 9.90. The van der Waals surface area contributed by atoms with Crippen LogP contribution in [0.5, 0.6) is 0 Å². The van der Waals surface area contributed by atoms with Crippen LogP contribution >= 0.6 is 22.7 Å². The van der Waals surface area contributed by atoms with Crippen LogP contribution in [-0.4, -0.2) is 37.1 Å². The highest BCUT2D eigenvalue weighted by Crippen LogP contribution is 2.41. The number of hydrogen-bond acceptors (Lipinski definition) is 6. The number of nitrogens with zero attached hydrogens (tertiary/aromatic N) is 6. The largest absolute Gasteiger partial charge is 0.308 e. The van der Waals surface area contributed by atoms with Crippen molar-refractivity contribution in [2.45, 2.75) is 0 Å². The first-order valence-electron chi connectivity index (χ1n) is 25.8. The predicted molar refractivity (Wildman–Crippen MR) is 327 cm³/mol. The maximum absolute atomic E-state index is 5.57. The lowest BCUT2D eigenvalue weighted by Crippen LogP contribution is -2.76. The third kappa shape index (κ3) is 6.64. The normalized spacial score (nSPS) is 12.2.